The van der Waals surface area contributed by atoms with Gasteiger partial charge in [-0.25, -0.2) is 0 Å². The molecule has 3 amide bonds. The Balaban J connectivity index is 1.36. The monoisotopic (exact) mass is 624 g/mol. The first-order valence-electron chi connectivity index (χ1n) is 14.3. The van der Waals surface area contributed by atoms with Gasteiger partial charge in [0.25, 0.3) is 11.8 Å². The molecule has 1 saturated heterocycles. The maximum absolute atomic E-state index is 13.9. The summed E-state index contributed by atoms with van der Waals surface area (Å²) in [6.45, 7) is -1.27. The van der Waals surface area contributed by atoms with Crippen LogP contribution >= 0.6 is 22.9 Å². The largest absolute Gasteiger partial charge is 0.433 e. The lowest BCUT2D eigenvalue weighted by Crippen LogP contribution is -2.54. The van der Waals surface area contributed by atoms with Crippen molar-refractivity contribution >= 4 is 52.0 Å². The average Bonchev–Trinajstić information content (AvgIpc) is 3.34. The molecule has 0 unspecified atom stereocenters. The highest BCUT2D eigenvalue weighted by Crippen LogP contribution is 2.35. The van der Waals surface area contributed by atoms with Gasteiger partial charge in [0.2, 0.25) is 5.91 Å². The molecule has 9 nitrogen and oxygen atoms in total. The van der Waals surface area contributed by atoms with E-state index in [4.69, 9.17) is 21.1 Å². The van der Waals surface area contributed by atoms with Crippen LogP contribution in [0.1, 0.15) is 48.2 Å². The van der Waals surface area contributed by atoms with E-state index in [-0.39, 0.29) is 61.1 Å². The van der Waals surface area contributed by atoms with Gasteiger partial charge in [-0.2, -0.15) is 8.78 Å². The van der Waals surface area contributed by atoms with Crippen molar-refractivity contribution < 1.29 is 32.6 Å². The average molecular weight is 625 g/mol. The lowest BCUT2D eigenvalue weighted by atomic mass is 9.82. The van der Waals surface area contributed by atoms with Gasteiger partial charge in [0.05, 0.1) is 21.5 Å². The van der Waals surface area contributed by atoms with Gasteiger partial charge in [-0.15, -0.1) is 11.3 Å². The van der Waals surface area contributed by atoms with Gasteiger partial charge in [0, 0.05) is 37.9 Å². The van der Waals surface area contributed by atoms with Crippen LogP contribution in [-0.4, -0.2) is 74.7 Å². The van der Waals surface area contributed by atoms with Crippen LogP contribution < -0.4 is 20.3 Å². The number of alkyl halides is 2. The summed E-state index contributed by atoms with van der Waals surface area (Å²) in [6, 6.07) is 6.94. The van der Waals surface area contributed by atoms with Gasteiger partial charge in [0.1, 0.15) is 12.6 Å². The van der Waals surface area contributed by atoms with E-state index in [9.17, 15) is 23.2 Å². The van der Waals surface area contributed by atoms with Crippen molar-refractivity contribution in [2.45, 2.75) is 51.2 Å². The Morgan fingerprint density at radius 2 is 1.83 bits per heavy atom. The van der Waals surface area contributed by atoms with E-state index in [2.05, 4.69) is 15.5 Å². The second-order valence-electron chi connectivity index (χ2n) is 11.0. The van der Waals surface area contributed by atoms with Crippen molar-refractivity contribution in [1.29, 1.82) is 0 Å². The molecule has 5 rings (SSSR count). The third-order valence-corrected chi connectivity index (χ3v) is 9.38. The fourth-order valence-electron chi connectivity index (χ4n) is 5.45. The van der Waals surface area contributed by atoms with Crippen LogP contribution in [0.4, 0.5) is 20.2 Å². The number of nitrogens with one attached hydrogen (secondary N) is 2. The number of halogens is 3. The Bertz CT molecular complexity index is 1260. The number of amides is 3. The van der Waals surface area contributed by atoms with E-state index < -0.39 is 12.7 Å². The number of morpholine rings is 1. The summed E-state index contributed by atoms with van der Waals surface area (Å²) in [5, 5.41) is 5.76. The second-order valence-corrected chi connectivity index (χ2v) is 12.7. The van der Waals surface area contributed by atoms with Crippen LogP contribution in [0.25, 0.3) is 0 Å². The molecule has 2 aromatic rings. The molecule has 0 spiro atoms. The number of hydrogen-bond acceptors (Lipinski definition) is 7. The quantitative estimate of drug-likeness (QED) is 0.325. The molecule has 13 heteroatoms. The van der Waals surface area contributed by atoms with Crippen molar-refractivity contribution in [3.63, 3.8) is 0 Å². The molecule has 1 aliphatic heterocycles. The van der Waals surface area contributed by atoms with E-state index in [1.165, 1.54) is 29.9 Å². The number of anilines is 2. The molecule has 0 radical (unpaired) electrons. The molecule has 1 atom stereocenters. The molecular weight excluding hydrogens is 590 g/mol. The zero-order chi connectivity index (χ0) is 29.6. The molecule has 3 aliphatic rings. The van der Waals surface area contributed by atoms with Crippen LogP contribution in [0.3, 0.4) is 0 Å². The lowest BCUT2D eigenvalue weighted by molar-refractivity contribution is -0.126. The molecule has 1 aromatic carbocycles. The first-order valence-corrected chi connectivity index (χ1v) is 15.5. The van der Waals surface area contributed by atoms with Crippen LogP contribution in [0.15, 0.2) is 30.3 Å². The van der Waals surface area contributed by atoms with Crippen molar-refractivity contribution in [1.82, 2.24) is 10.2 Å². The van der Waals surface area contributed by atoms with Crippen molar-refractivity contribution in [2.75, 3.05) is 49.6 Å². The molecule has 1 aromatic heterocycles. The van der Waals surface area contributed by atoms with Crippen LogP contribution in [0, 0.1) is 11.8 Å². The number of benzene rings is 1. The smallest absolute Gasteiger partial charge is 0.387 e. The third kappa shape index (κ3) is 7.77. The van der Waals surface area contributed by atoms with Gasteiger partial charge in [0.15, 0.2) is 5.75 Å². The van der Waals surface area contributed by atoms with Crippen molar-refractivity contribution in [3.05, 3.63) is 39.5 Å². The highest BCUT2D eigenvalue weighted by Gasteiger charge is 2.34. The number of thiophene rings is 1. The summed E-state index contributed by atoms with van der Waals surface area (Å²) in [7, 11) is 0. The summed E-state index contributed by atoms with van der Waals surface area (Å²) in [5.41, 5.74) is 0.422. The number of carbonyl (C=O) groups is 3. The number of nitrogens with zero attached hydrogens (tertiary/aromatic N) is 2. The maximum Gasteiger partial charge on any atom is 0.387 e. The van der Waals surface area contributed by atoms with E-state index >= 15 is 0 Å². The summed E-state index contributed by atoms with van der Waals surface area (Å²) in [5.74, 6) is -0.298. The Morgan fingerprint density at radius 1 is 1.12 bits per heavy atom. The Morgan fingerprint density at radius 3 is 2.40 bits per heavy atom. The van der Waals surface area contributed by atoms with E-state index in [1.807, 2.05) is 0 Å². The lowest BCUT2D eigenvalue weighted by Gasteiger charge is -2.40. The first-order chi connectivity index (χ1) is 20.3. The van der Waals surface area contributed by atoms with Crippen LogP contribution in [0.2, 0.25) is 4.34 Å². The Kier molecular flexibility index (Phi) is 10.3. The fraction of sp³-hybridized carbons (Fsp3) is 0.552. The standard InChI is InChI=1S/C29H35ClF2N4O5S/c30-25-10-9-24(42-25)28(39)33-14-22(35(15-18-3-1-4-18)16-19-5-2-6-19)27(38)34-20-7-8-21(23(13-20)41-29(31)32)36-11-12-40-17-26(36)37/h7-10,13,18-19,22,29H,1-6,11-12,14-17H2,(H,33,39)(H,34,38)/t22-/m1/s1. The van der Waals surface area contributed by atoms with Gasteiger partial charge >= 0.3 is 6.61 Å². The SMILES string of the molecule is O=C(NC[C@H](C(=O)Nc1ccc(N2CCOCC2=O)c(OC(F)F)c1)N(CC1CCC1)CC1CCC1)c1ccc(Cl)s1. The topological polar surface area (TPSA) is 100 Å². The van der Waals surface area contributed by atoms with Crippen molar-refractivity contribution in [2.24, 2.45) is 11.8 Å². The molecule has 228 valence electrons. The molecule has 2 aliphatic carbocycles. The molecule has 2 N–H and O–H groups in total. The zero-order valence-electron chi connectivity index (χ0n) is 23.2. The number of rotatable bonds is 13. The number of hydrogen-bond donors (Lipinski definition) is 2. The predicted octanol–water partition coefficient (Wildman–Crippen LogP) is 5.01. The number of ether oxygens (including phenoxy) is 2. The van der Waals surface area contributed by atoms with Crippen LogP contribution in [0.5, 0.6) is 5.75 Å². The predicted molar refractivity (Wildman–Crippen MR) is 157 cm³/mol. The van der Waals surface area contributed by atoms with E-state index in [0.717, 1.165) is 50.1 Å². The molecule has 2 saturated carbocycles. The zero-order valence-corrected chi connectivity index (χ0v) is 24.7. The van der Waals surface area contributed by atoms with Crippen molar-refractivity contribution in [3.8, 4) is 5.75 Å². The summed E-state index contributed by atoms with van der Waals surface area (Å²) in [6.07, 6.45) is 6.74. The minimum atomic E-state index is -3.12. The molecule has 0 bridgehead atoms. The summed E-state index contributed by atoms with van der Waals surface area (Å²) >= 11 is 7.17. The Labute approximate surface area is 252 Å². The Hall–Kier alpha value is -2.80. The van der Waals surface area contributed by atoms with E-state index in [1.54, 1.807) is 18.2 Å². The normalized spacial score (nSPS) is 18.5. The maximum atomic E-state index is 13.9. The summed E-state index contributed by atoms with van der Waals surface area (Å²) in [4.78, 5) is 43.1. The second kappa shape index (κ2) is 14.1. The number of carbonyl (C=O) groups excluding carboxylic acids is 3. The third-order valence-electron chi connectivity index (χ3n) is 8.15. The minimum Gasteiger partial charge on any atom is -0.433 e. The molecular formula is C29H35ClF2N4O5S. The van der Waals surface area contributed by atoms with Crippen LogP contribution in [-0.2, 0) is 14.3 Å². The summed E-state index contributed by atoms with van der Waals surface area (Å²) < 4.78 is 37.1. The van der Waals surface area contributed by atoms with E-state index in [0.29, 0.717) is 21.0 Å². The molecule has 42 heavy (non-hydrogen) atoms. The highest BCUT2D eigenvalue weighted by molar-refractivity contribution is 7.18. The fourth-order valence-corrected chi connectivity index (χ4v) is 6.41. The highest BCUT2D eigenvalue weighted by atomic mass is 35.5. The first kappa shape index (κ1) is 30.7. The molecule has 2 heterocycles. The molecule has 3 fully saturated rings. The van der Waals surface area contributed by atoms with Gasteiger partial charge in [-0.1, -0.05) is 24.4 Å². The minimum absolute atomic E-state index is 0.0698. The van der Waals surface area contributed by atoms with Gasteiger partial charge in [-0.05, 0) is 61.8 Å². The van der Waals surface area contributed by atoms with Gasteiger partial charge < -0.3 is 25.0 Å². The van der Waals surface area contributed by atoms with Gasteiger partial charge in [-0.3, -0.25) is 19.3 Å².